The summed E-state index contributed by atoms with van der Waals surface area (Å²) in [7, 11) is 1.63. The summed E-state index contributed by atoms with van der Waals surface area (Å²) in [6.45, 7) is 7.80. The van der Waals surface area contributed by atoms with E-state index in [-0.39, 0.29) is 11.9 Å². The van der Waals surface area contributed by atoms with Gasteiger partial charge in [0.2, 0.25) is 6.41 Å². The first-order valence-corrected chi connectivity index (χ1v) is 7.42. The molecule has 118 valence electrons. The molecule has 1 saturated heterocycles. The van der Waals surface area contributed by atoms with E-state index in [1.807, 2.05) is 24.8 Å². The SMILES string of the molecule is CCC1CCOCCN1C(=O)/C(C=C(C)C)=C/N(C)C=O. The van der Waals surface area contributed by atoms with Gasteiger partial charge in [-0.25, -0.2) is 0 Å². The van der Waals surface area contributed by atoms with Crippen molar-refractivity contribution < 1.29 is 14.3 Å². The Hall–Kier alpha value is -1.62. The summed E-state index contributed by atoms with van der Waals surface area (Å²) in [6.07, 6.45) is 5.85. The number of hydrogen-bond donors (Lipinski definition) is 0. The minimum Gasteiger partial charge on any atom is -0.380 e. The Balaban J connectivity index is 3.04. The molecule has 0 saturated carbocycles. The van der Waals surface area contributed by atoms with Gasteiger partial charge in [-0.2, -0.15) is 0 Å². The van der Waals surface area contributed by atoms with E-state index in [1.54, 1.807) is 13.2 Å². The van der Waals surface area contributed by atoms with E-state index in [2.05, 4.69) is 6.92 Å². The molecule has 1 unspecified atom stereocenters. The lowest BCUT2D eigenvalue weighted by Crippen LogP contribution is -2.41. The number of rotatable bonds is 5. The van der Waals surface area contributed by atoms with E-state index in [1.165, 1.54) is 4.90 Å². The fourth-order valence-corrected chi connectivity index (χ4v) is 2.40. The molecule has 21 heavy (non-hydrogen) atoms. The van der Waals surface area contributed by atoms with Crippen molar-refractivity contribution in [3.05, 3.63) is 23.4 Å². The highest BCUT2D eigenvalue weighted by molar-refractivity contribution is 5.96. The summed E-state index contributed by atoms with van der Waals surface area (Å²) >= 11 is 0. The minimum absolute atomic E-state index is 0.0396. The van der Waals surface area contributed by atoms with Gasteiger partial charge in [0.05, 0.1) is 12.2 Å². The number of carbonyl (C=O) groups is 2. The Morgan fingerprint density at radius 1 is 1.38 bits per heavy atom. The lowest BCUT2D eigenvalue weighted by Gasteiger charge is -2.29. The lowest BCUT2D eigenvalue weighted by molar-refractivity contribution is -0.129. The molecular weight excluding hydrogens is 268 g/mol. The lowest BCUT2D eigenvalue weighted by atomic mass is 10.1. The summed E-state index contributed by atoms with van der Waals surface area (Å²) in [5, 5.41) is 0. The molecule has 1 atom stereocenters. The molecule has 1 aliphatic rings. The molecule has 1 heterocycles. The fraction of sp³-hybridized carbons (Fsp3) is 0.625. The summed E-state index contributed by atoms with van der Waals surface area (Å²) < 4.78 is 5.47. The number of amides is 2. The van der Waals surface area contributed by atoms with Crippen LogP contribution < -0.4 is 0 Å². The van der Waals surface area contributed by atoms with Crippen molar-refractivity contribution >= 4 is 12.3 Å². The largest absolute Gasteiger partial charge is 0.380 e. The van der Waals surface area contributed by atoms with Crippen LogP contribution in [-0.2, 0) is 14.3 Å². The molecule has 1 aliphatic heterocycles. The van der Waals surface area contributed by atoms with Crippen LogP contribution in [0, 0.1) is 0 Å². The Bertz CT molecular complexity index is 425. The molecule has 1 rings (SSSR count). The molecule has 2 amide bonds. The van der Waals surface area contributed by atoms with Gasteiger partial charge in [-0.1, -0.05) is 12.5 Å². The molecule has 0 aliphatic carbocycles. The van der Waals surface area contributed by atoms with Gasteiger partial charge in [0.15, 0.2) is 0 Å². The van der Waals surface area contributed by atoms with Crippen LogP contribution in [0.4, 0.5) is 0 Å². The zero-order valence-electron chi connectivity index (χ0n) is 13.5. The van der Waals surface area contributed by atoms with Gasteiger partial charge in [-0.05, 0) is 32.8 Å². The highest BCUT2D eigenvalue weighted by Gasteiger charge is 2.26. The minimum atomic E-state index is -0.0396. The average Bonchev–Trinajstić information content (AvgIpc) is 2.70. The molecule has 0 aromatic rings. The molecule has 0 bridgehead atoms. The van der Waals surface area contributed by atoms with Gasteiger partial charge < -0.3 is 14.5 Å². The van der Waals surface area contributed by atoms with Gasteiger partial charge in [0.1, 0.15) is 0 Å². The summed E-state index contributed by atoms with van der Waals surface area (Å²) in [4.78, 5) is 26.9. The average molecular weight is 294 g/mol. The van der Waals surface area contributed by atoms with Crippen LogP contribution in [0.1, 0.15) is 33.6 Å². The molecule has 0 aromatic heterocycles. The van der Waals surface area contributed by atoms with Gasteiger partial charge in [0.25, 0.3) is 5.91 Å². The van der Waals surface area contributed by atoms with E-state index in [9.17, 15) is 9.59 Å². The fourth-order valence-electron chi connectivity index (χ4n) is 2.40. The number of ether oxygens (including phenoxy) is 1. The molecule has 5 nitrogen and oxygen atoms in total. The second kappa shape index (κ2) is 8.62. The third kappa shape index (κ3) is 5.34. The van der Waals surface area contributed by atoms with Crippen LogP contribution in [0.3, 0.4) is 0 Å². The van der Waals surface area contributed by atoms with Crippen LogP contribution in [0.5, 0.6) is 0 Å². The molecule has 0 N–H and O–H groups in total. The summed E-state index contributed by atoms with van der Waals surface area (Å²) in [5.74, 6) is -0.0396. The number of carbonyl (C=O) groups excluding carboxylic acids is 2. The molecule has 1 fully saturated rings. The predicted octanol–water partition coefficient (Wildman–Crippen LogP) is 1.95. The molecule has 0 radical (unpaired) electrons. The van der Waals surface area contributed by atoms with Gasteiger partial charge in [-0.15, -0.1) is 0 Å². The summed E-state index contributed by atoms with van der Waals surface area (Å²) in [5.41, 5.74) is 1.55. The van der Waals surface area contributed by atoms with E-state index < -0.39 is 0 Å². The Kier molecular flexibility index (Phi) is 7.15. The van der Waals surface area contributed by atoms with Gasteiger partial charge in [0, 0.05) is 32.4 Å². The Morgan fingerprint density at radius 3 is 2.67 bits per heavy atom. The maximum absolute atomic E-state index is 12.8. The maximum Gasteiger partial charge on any atom is 0.255 e. The molecule has 0 spiro atoms. The van der Waals surface area contributed by atoms with Crippen molar-refractivity contribution in [1.29, 1.82) is 0 Å². The van der Waals surface area contributed by atoms with Crippen LogP contribution >= 0.6 is 0 Å². The monoisotopic (exact) mass is 294 g/mol. The van der Waals surface area contributed by atoms with Crippen LogP contribution in [-0.4, -0.2) is 55.0 Å². The van der Waals surface area contributed by atoms with Crippen molar-refractivity contribution in [2.24, 2.45) is 0 Å². The molecule has 5 heteroatoms. The third-order valence-corrected chi connectivity index (χ3v) is 3.44. The zero-order valence-corrected chi connectivity index (χ0v) is 13.5. The highest BCUT2D eigenvalue weighted by atomic mass is 16.5. The van der Waals surface area contributed by atoms with Crippen LogP contribution in [0.25, 0.3) is 0 Å². The normalized spacial score (nSPS) is 19.7. The van der Waals surface area contributed by atoms with Crippen molar-refractivity contribution in [1.82, 2.24) is 9.80 Å². The topological polar surface area (TPSA) is 49.9 Å². The Morgan fingerprint density at radius 2 is 2.10 bits per heavy atom. The van der Waals surface area contributed by atoms with Crippen molar-refractivity contribution in [3.63, 3.8) is 0 Å². The number of allylic oxidation sites excluding steroid dienone is 1. The first-order chi connectivity index (χ1) is 9.99. The maximum atomic E-state index is 12.8. The van der Waals surface area contributed by atoms with Gasteiger partial charge >= 0.3 is 0 Å². The molecular formula is C16H26N2O3. The molecule has 0 aromatic carbocycles. The highest BCUT2D eigenvalue weighted by Crippen LogP contribution is 2.17. The van der Waals surface area contributed by atoms with Crippen molar-refractivity contribution in [2.75, 3.05) is 26.8 Å². The third-order valence-electron chi connectivity index (χ3n) is 3.44. The quantitative estimate of drug-likeness (QED) is 0.442. The van der Waals surface area contributed by atoms with Crippen LogP contribution in [0.2, 0.25) is 0 Å². The van der Waals surface area contributed by atoms with E-state index in [4.69, 9.17) is 4.74 Å². The number of hydrogen-bond acceptors (Lipinski definition) is 3. The van der Waals surface area contributed by atoms with Crippen LogP contribution in [0.15, 0.2) is 23.4 Å². The number of nitrogens with zero attached hydrogens (tertiary/aromatic N) is 2. The standard InChI is InChI=1S/C16H26N2O3/c1-5-15-6-8-21-9-7-18(15)16(20)14(10-13(2)3)11-17(4)12-19/h10-12,15H,5-9H2,1-4H3/b14-11+. The van der Waals surface area contributed by atoms with E-state index in [0.717, 1.165) is 18.4 Å². The second-order valence-corrected chi connectivity index (χ2v) is 5.54. The zero-order chi connectivity index (χ0) is 15.8. The first kappa shape index (κ1) is 17.4. The van der Waals surface area contributed by atoms with Crippen molar-refractivity contribution in [2.45, 2.75) is 39.7 Å². The summed E-state index contributed by atoms with van der Waals surface area (Å²) in [6, 6.07) is 0.190. The van der Waals surface area contributed by atoms with Gasteiger partial charge in [-0.3, -0.25) is 9.59 Å². The second-order valence-electron chi connectivity index (χ2n) is 5.54. The van der Waals surface area contributed by atoms with Crippen molar-refractivity contribution in [3.8, 4) is 0 Å². The smallest absolute Gasteiger partial charge is 0.255 e. The van der Waals surface area contributed by atoms with E-state index in [0.29, 0.717) is 31.7 Å². The first-order valence-electron chi connectivity index (χ1n) is 7.42. The van der Waals surface area contributed by atoms with E-state index >= 15 is 0 Å². The predicted molar refractivity (Wildman–Crippen MR) is 82.6 cm³/mol. The Labute approximate surface area is 127 Å².